The summed E-state index contributed by atoms with van der Waals surface area (Å²) in [5, 5.41) is 0. The molecule has 0 aliphatic rings. The normalized spacial score (nSPS) is 15.4. The maximum Gasteiger partial charge on any atom is 1.00 e. The molecule has 1 atom stereocenters. The van der Waals surface area contributed by atoms with Crippen LogP contribution >= 0.6 is 23.6 Å². The summed E-state index contributed by atoms with van der Waals surface area (Å²) in [5.74, 6) is 0. The van der Waals surface area contributed by atoms with Crippen molar-refractivity contribution in [1.82, 2.24) is 0 Å². The van der Waals surface area contributed by atoms with E-state index in [1.165, 1.54) is 0 Å². The Labute approximate surface area is 105 Å². The maximum absolute atomic E-state index is 10.4. The summed E-state index contributed by atoms with van der Waals surface area (Å²) in [5.41, 5.74) is 0. The van der Waals surface area contributed by atoms with E-state index in [9.17, 15) is 18.2 Å². The van der Waals surface area contributed by atoms with Gasteiger partial charge in [0.15, 0.2) is 0 Å². The van der Waals surface area contributed by atoms with Gasteiger partial charge in [0.2, 0.25) is 0 Å². The summed E-state index contributed by atoms with van der Waals surface area (Å²) in [6, 6.07) is 0. The molecule has 0 aliphatic carbocycles. The van der Waals surface area contributed by atoms with E-state index in [4.69, 9.17) is 29.0 Å². The molecule has 0 aromatic rings. The molecule has 0 saturated heterocycles. The van der Waals surface area contributed by atoms with Crippen LogP contribution in [0.25, 0.3) is 0 Å². The Morgan fingerprint density at radius 1 is 1.00 bits per heavy atom. The molecular weight excluding hydrogens is 295 g/mol. The Balaban J connectivity index is -0.000000208. The molecular formula is H5FNaO10P3. The van der Waals surface area contributed by atoms with E-state index in [0.717, 1.165) is 0 Å². The first-order valence-electron chi connectivity index (χ1n) is 2.26. The molecule has 0 saturated carbocycles. The van der Waals surface area contributed by atoms with Gasteiger partial charge in [0.25, 0.3) is 7.82 Å². The van der Waals surface area contributed by atoms with Crippen LogP contribution in [0.5, 0.6) is 0 Å². The molecule has 10 nitrogen and oxygen atoms in total. The fourth-order valence-corrected chi connectivity index (χ4v) is 1.21. The first kappa shape index (κ1) is 21.6. The molecule has 0 rings (SSSR count). The van der Waals surface area contributed by atoms with E-state index in [1.54, 1.807) is 0 Å². The average Bonchev–Trinajstić information content (AvgIpc) is 1.42. The van der Waals surface area contributed by atoms with Crippen LogP contribution in [-0.2, 0) is 18.0 Å². The molecule has 88 valence electrons. The first-order chi connectivity index (χ1) is 5.71. The molecule has 0 fully saturated rings. The van der Waals surface area contributed by atoms with E-state index in [1.807, 2.05) is 0 Å². The standard InChI is InChI=1S/FH2O3P.Na.H4O7P2/c1-5(2,3)4;;1-8(2,3)7-9(4,5)6/h(H2,2,3,4);;(H2,1,2,3)(H2,4,5,6)/q;+1;/p-1. The summed E-state index contributed by atoms with van der Waals surface area (Å²) >= 11 is 0. The smallest absolute Gasteiger partial charge is 0.756 e. The number of hydrogen-bond donors (Lipinski definition) is 5. The molecule has 0 amide bonds. The van der Waals surface area contributed by atoms with Crippen molar-refractivity contribution in [2.75, 3.05) is 0 Å². The van der Waals surface area contributed by atoms with Crippen molar-refractivity contribution < 1.29 is 81.1 Å². The predicted octanol–water partition coefficient (Wildman–Crippen LogP) is -4.39. The third kappa shape index (κ3) is 50.7. The maximum atomic E-state index is 10.4. The van der Waals surface area contributed by atoms with E-state index in [-0.39, 0.29) is 29.6 Å². The van der Waals surface area contributed by atoms with Crippen LogP contribution in [0, 0.1) is 0 Å². The van der Waals surface area contributed by atoms with Crippen molar-refractivity contribution in [3.8, 4) is 0 Å². The van der Waals surface area contributed by atoms with Crippen LogP contribution < -0.4 is 34.5 Å². The molecule has 0 radical (unpaired) electrons. The number of rotatable bonds is 2. The summed E-state index contributed by atoms with van der Waals surface area (Å²) in [4.78, 5) is 46.5. The Kier molecular flexibility index (Phi) is 11.0. The van der Waals surface area contributed by atoms with E-state index >= 15 is 0 Å². The van der Waals surface area contributed by atoms with Gasteiger partial charge in [0.05, 0.1) is 0 Å². The molecule has 0 aromatic carbocycles. The first-order valence-corrected chi connectivity index (χ1v) is 6.79. The largest absolute Gasteiger partial charge is 1.00 e. The second kappa shape index (κ2) is 7.62. The molecule has 0 aliphatic heterocycles. The Hall–Kier alpha value is 1.34. The third-order valence-corrected chi connectivity index (χ3v) is 1.89. The van der Waals surface area contributed by atoms with Gasteiger partial charge in [-0.2, -0.15) is 0 Å². The average molecular weight is 300 g/mol. The molecule has 15 heavy (non-hydrogen) atoms. The molecule has 0 spiro atoms. The molecule has 1 unspecified atom stereocenters. The minimum atomic E-state index is -5.30. The summed E-state index contributed by atoms with van der Waals surface area (Å²) < 4.78 is 41.0. The zero-order chi connectivity index (χ0) is 12.2. The fraction of sp³-hybridized carbons (Fsp3) is 0. The van der Waals surface area contributed by atoms with Crippen LogP contribution in [0.2, 0.25) is 0 Å². The summed E-state index contributed by atoms with van der Waals surface area (Å²) in [6.45, 7) is 0. The van der Waals surface area contributed by atoms with Gasteiger partial charge in [0, 0.05) is 0 Å². The summed E-state index contributed by atoms with van der Waals surface area (Å²) in [7, 11) is -15.6. The monoisotopic (exact) mass is 300 g/mol. The minimum absolute atomic E-state index is 0. The van der Waals surface area contributed by atoms with Crippen molar-refractivity contribution in [3.05, 3.63) is 0 Å². The zero-order valence-electron chi connectivity index (χ0n) is 7.00. The molecule has 15 heteroatoms. The van der Waals surface area contributed by atoms with Crippen LogP contribution in [0.3, 0.4) is 0 Å². The molecule has 5 N–H and O–H groups in total. The van der Waals surface area contributed by atoms with E-state index < -0.39 is 23.6 Å². The molecule has 0 aromatic heterocycles. The topological polar surface area (TPSA) is 185 Å². The van der Waals surface area contributed by atoms with Crippen LogP contribution in [0.4, 0.5) is 4.20 Å². The Morgan fingerprint density at radius 3 is 1.20 bits per heavy atom. The molecule has 0 bridgehead atoms. The van der Waals surface area contributed by atoms with Gasteiger partial charge in [0.1, 0.15) is 0 Å². The van der Waals surface area contributed by atoms with Crippen molar-refractivity contribution in [2.24, 2.45) is 0 Å². The summed E-state index contributed by atoms with van der Waals surface area (Å²) in [6.07, 6.45) is 0. The van der Waals surface area contributed by atoms with Gasteiger partial charge in [-0.25, -0.2) is 13.4 Å². The predicted molar refractivity (Wildman–Crippen MR) is 36.1 cm³/mol. The van der Waals surface area contributed by atoms with E-state index in [2.05, 4.69) is 4.31 Å². The number of hydrogen-bond acceptors (Lipinski definition) is 5. The van der Waals surface area contributed by atoms with Crippen molar-refractivity contribution >= 4 is 23.6 Å². The fourth-order valence-electron chi connectivity index (χ4n) is 0.134. The second-order valence-electron chi connectivity index (χ2n) is 1.51. The van der Waals surface area contributed by atoms with Crippen molar-refractivity contribution in [2.45, 2.75) is 0 Å². The minimum Gasteiger partial charge on any atom is -0.756 e. The van der Waals surface area contributed by atoms with Gasteiger partial charge in [-0.3, -0.25) is 14.4 Å². The number of phosphoric acid groups is 2. The number of halogens is 1. The quantitative estimate of drug-likeness (QED) is 0.246. The van der Waals surface area contributed by atoms with Gasteiger partial charge in [-0.05, 0) is 0 Å². The van der Waals surface area contributed by atoms with Gasteiger partial charge in [-0.1, -0.05) is 0 Å². The Bertz CT molecular complexity index is 264. The van der Waals surface area contributed by atoms with Crippen LogP contribution in [-0.4, -0.2) is 24.5 Å². The van der Waals surface area contributed by atoms with Gasteiger partial charge in [-0.15, -0.1) is 4.20 Å². The SMILES string of the molecule is O=P(O)(O)F.O=P([O-])(O)OP(=O)(O)O.[Na+]. The van der Waals surface area contributed by atoms with Gasteiger partial charge < -0.3 is 19.6 Å². The van der Waals surface area contributed by atoms with Crippen molar-refractivity contribution in [1.29, 1.82) is 0 Å². The third-order valence-electron chi connectivity index (χ3n) is 0.210. The van der Waals surface area contributed by atoms with Crippen molar-refractivity contribution in [3.63, 3.8) is 0 Å². The van der Waals surface area contributed by atoms with E-state index in [0.29, 0.717) is 0 Å². The van der Waals surface area contributed by atoms with Crippen LogP contribution in [0.1, 0.15) is 0 Å². The van der Waals surface area contributed by atoms with Crippen LogP contribution in [0.15, 0.2) is 0 Å². The second-order valence-corrected chi connectivity index (χ2v) is 5.03. The Morgan fingerprint density at radius 2 is 1.20 bits per heavy atom. The molecule has 0 heterocycles. The zero-order valence-corrected chi connectivity index (χ0v) is 11.7. The van der Waals surface area contributed by atoms with Gasteiger partial charge >= 0.3 is 45.3 Å².